The number of benzene rings is 1. The van der Waals surface area contributed by atoms with Gasteiger partial charge in [0.2, 0.25) is 0 Å². The van der Waals surface area contributed by atoms with Crippen molar-refractivity contribution in [2.45, 2.75) is 44.8 Å². The summed E-state index contributed by atoms with van der Waals surface area (Å²) in [4.78, 5) is 47.3. The van der Waals surface area contributed by atoms with Crippen molar-refractivity contribution in [3.05, 3.63) is 65.5 Å². The van der Waals surface area contributed by atoms with E-state index in [2.05, 4.69) is 37.3 Å². The molecule has 0 spiro atoms. The maximum atomic E-state index is 11.6. The van der Waals surface area contributed by atoms with Crippen molar-refractivity contribution in [3.63, 3.8) is 0 Å². The van der Waals surface area contributed by atoms with E-state index in [1.807, 2.05) is 25.1 Å². The number of hydrogen-bond donors (Lipinski definition) is 2. The number of nitrogens with two attached hydrogens (primary N) is 1. The summed E-state index contributed by atoms with van der Waals surface area (Å²) in [5, 5.41) is 8.10. The number of aryl methyl sites for hydroxylation is 1. The van der Waals surface area contributed by atoms with Gasteiger partial charge in [-0.05, 0) is 69.0 Å². The molecule has 1 saturated heterocycles. The van der Waals surface area contributed by atoms with Gasteiger partial charge in [0.25, 0.3) is 5.91 Å². The van der Waals surface area contributed by atoms with Crippen molar-refractivity contribution >= 4 is 46.8 Å². The SMILES string of the molecule is CN1C2CCC(C2)C1C=O.CNc1cccc(Cl)n1.Cc1ncc(-c2ccc3c(c2)c(C(N)=O)nn3CC=O)cn1. The highest BCUT2D eigenvalue weighted by molar-refractivity contribution is 6.29. The third kappa shape index (κ3) is 6.93. The minimum atomic E-state index is -0.632. The summed E-state index contributed by atoms with van der Waals surface area (Å²) in [5.41, 5.74) is 7.87. The number of carbonyl (C=O) groups excluding carboxylic acids is 3. The number of aromatic nitrogens is 5. The molecule has 3 N–H and O–H groups in total. The van der Waals surface area contributed by atoms with Crippen LogP contribution in [0.3, 0.4) is 0 Å². The van der Waals surface area contributed by atoms with Gasteiger partial charge in [-0.15, -0.1) is 0 Å². The van der Waals surface area contributed by atoms with Crippen LogP contribution in [-0.2, 0) is 16.1 Å². The zero-order chi connectivity index (χ0) is 29.5. The van der Waals surface area contributed by atoms with Crippen molar-refractivity contribution in [2.75, 3.05) is 19.4 Å². The average molecular weight is 577 g/mol. The van der Waals surface area contributed by atoms with E-state index in [4.69, 9.17) is 17.3 Å². The number of anilines is 1. The van der Waals surface area contributed by atoms with Crippen LogP contribution < -0.4 is 11.1 Å². The van der Waals surface area contributed by atoms with Crippen molar-refractivity contribution < 1.29 is 14.4 Å². The minimum Gasteiger partial charge on any atom is -0.373 e. The molecule has 6 rings (SSSR count). The molecule has 214 valence electrons. The quantitative estimate of drug-likeness (QED) is 0.259. The first-order chi connectivity index (χ1) is 19.7. The van der Waals surface area contributed by atoms with E-state index in [1.54, 1.807) is 37.6 Å². The van der Waals surface area contributed by atoms with Crippen LogP contribution in [0.4, 0.5) is 5.82 Å². The Bertz CT molecular complexity index is 1520. The molecule has 0 radical (unpaired) electrons. The van der Waals surface area contributed by atoms with Crippen molar-refractivity contribution in [1.82, 2.24) is 29.6 Å². The molecule has 3 aromatic heterocycles. The molecule has 4 aromatic rings. The fraction of sp³-hybridized carbons (Fsp3) is 0.345. The summed E-state index contributed by atoms with van der Waals surface area (Å²) in [6.07, 6.45) is 9.11. The molecule has 2 fully saturated rings. The maximum Gasteiger partial charge on any atom is 0.269 e. The molecule has 3 unspecified atom stereocenters. The van der Waals surface area contributed by atoms with Crippen LogP contribution in [0.25, 0.3) is 22.0 Å². The van der Waals surface area contributed by atoms with E-state index in [0.717, 1.165) is 35.6 Å². The zero-order valence-electron chi connectivity index (χ0n) is 23.2. The summed E-state index contributed by atoms with van der Waals surface area (Å²) in [7, 11) is 3.88. The van der Waals surface area contributed by atoms with Gasteiger partial charge in [0.1, 0.15) is 29.4 Å². The summed E-state index contributed by atoms with van der Waals surface area (Å²) in [5.74, 6) is 1.53. The summed E-state index contributed by atoms with van der Waals surface area (Å²) < 4.78 is 1.46. The Morgan fingerprint density at radius 3 is 2.44 bits per heavy atom. The van der Waals surface area contributed by atoms with Gasteiger partial charge in [0.05, 0.1) is 18.1 Å². The third-order valence-corrected chi connectivity index (χ3v) is 7.64. The number of primary amides is 1. The summed E-state index contributed by atoms with van der Waals surface area (Å²) >= 11 is 5.57. The molecule has 12 heteroatoms. The topological polar surface area (TPSA) is 149 Å². The van der Waals surface area contributed by atoms with Crippen LogP contribution in [0.5, 0.6) is 0 Å². The average Bonchev–Trinajstić information content (AvgIpc) is 3.68. The molecular formula is C29H33ClN8O3. The lowest BCUT2D eigenvalue weighted by Gasteiger charge is -2.27. The van der Waals surface area contributed by atoms with E-state index in [-0.39, 0.29) is 18.3 Å². The Morgan fingerprint density at radius 1 is 1.15 bits per heavy atom. The molecule has 1 aliphatic carbocycles. The minimum absolute atomic E-state index is 0.0662. The molecule has 4 heterocycles. The number of fused-ring (bicyclic) bond motifs is 3. The summed E-state index contributed by atoms with van der Waals surface area (Å²) in [6.45, 7) is 1.87. The van der Waals surface area contributed by atoms with Crippen LogP contribution in [-0.4, -0.2) is 74.3 Å². The molecule has 1 amide bonds. The first-order valence-corrected chi connectivity index (χ1v) is 13.6. The van der Waals surface area contributed by atoms with E-state index >= 15 is 0 Å². The number of nitrogens with zero attached hydrogens (tertiary/aromatic N) is 6. The maximum absolute atomic E-state index is 11.6. The van der Waals surface area contributed by atoms with E-state index in [9.17, 15) is 14.4 Å². The number of hydrogen-bond acceptors (Lipinski definition) is 9. The van der Waals surface area contributed by atoms with Crippen LogP contribution >= 0.6 is 11.6 Å². The second-order valence-corrected chi connectivity index (χ2v) is 10.3. The normalized spacial score (nSPS) is 19.1. The second-order valence-electron chi connectivity index (χ2n) is 9.93. The highest BCUT2D eigenvalue weighted by atomic mass is 35.5. The molecule has 41 heavy (non-hydrogen) atoms. The van der Waals surface area contributed by atoms with Crippen LogP contribution in [0.15, 0.2) is 48.8 Å². The predicted octanol–water partition coefficient (Wildman–Crippen LogP) is 3.54. The summed E-state index contributed by atoms with van der Waals surface area (Å²) in [6, 6.07) is 11.9. The first-order valence-electron chi connectivity index (χ1n) is 13.3. The fourth-order valence-electron chi connectivity index (χ4n) is 5.29. The number of amides is 1. The second kappa shape index (κ2) is 13.4. The van der Waals surface area contributed by atoms with Gasteiger partial charge in [-0.25, -0.2) is 15.0 Å². The number of likely N-dealkylation sites (tertiary alicyclic amines) is 1. The predicted molar refractivity (Wildman–Crippen MR) is 158 cm³/mol. The monoisotopic (exact) mass is 576 g/mol. The molecule has 2 aliphatic rings. The van der Waals surface area contributed by atoms with Gasteiger partial charge in [-0.2, -0.15) is 5.10 Å². The molecule has 2 bridgehead atoms. The van der Waals surface area contributed by atoms with Gasteiger partial charge >= 0.3 is 0 Å². The first kappa shape index (κ1) is 29.8. The number of halogens is 1. The van der Waals surface area contributed by atoms with Gasteiger partial charge in [-0.3, -0.25) is 14.4 Å². The van der Waals surface area contributed by atoms with Gasteiger partial charge in [-0.1, -0.05) is 23.7 Å². The Labute approximate surface area is 243 Å². The molecule has 1 saturated carbocycles. The van der Waals surface area contributed by atoms with Crippen molar-refractivity contribution in [1.29, 1.82) is 0 Å². The van der Waals surface area contributed by atoms with Crippen molar-refractivity contribution in [2.24, 2.45) is 11.7 Å². The lowest BCUT2D eigenvalue weighted by molar-refractivity contribution is -0.113. The number of carbonyl (C=O) groups is 3. The number of nitrogens with one attached hydrogen (secondary N) is 1. The fourth-order valence-corrected chi connectivity index (χ4v) is 5.46. The standard InChI is InChI=1S/C15H13N5O2.C8H13NO.C6H7ClN2/c1-9-17-7-11(8-18-9)10-2-3-13-12(6-10)14(15(16)22)19-20(13)4-5-21;1-9-7-3-2-6(4-7)8(9)5-10;1-8-6-4-2-3-5(7)9-6/h2-3,5-8H,4H2,1H3,(H2,16,22);5-8H,2-4H2,1H3;2-4H,1H3,(H,8,9). The van der Waals surface area contributed by atoms with Crippen molar-refractivity contribution in [3.8, 4) is 11.1 Å². The Hall–Kier alpha value is -4.22. The van der Waals surface area contributed by atoms with E-state index in [1.165, 1.54) is 23.9 Å². The van der Waals surface area contributed by atoms with Gasteiger partial charge in [0, 0.05) is 36.4 Å². The lowest BCUT2D eigenvalue weighted by atomic mass is 10.0. The molecule has 1 aliphatic heterocycles. The van der Waals surface area contributed by atoms with E-state index in [0.29, 0.717) is 27.8 Å². The Kier molecular flexibility index (Phi) is 9.74. The largest absolute Gasteiger partial charge is 0.373 e. The molecule has 11 nitrogen and oxygen atoms in total. The smallest absolute Gasteiger partial charge is 0.269 e. The third-order valence-electron chi connectivity index (χ3n) is 7.43. The highest BCUT2D eigenvalue weighted by Gasteiger charge is 2.43. The number of pyridine rings is 1. The molecule has 3 atom stereocenters. The number of piperidine rings is 1. The highest BCUT2D eigenvalue weighted by Crippen LogP contribution is 2.40. The van der Waals surface area contributed by atoms with E-state index < -0.39 is 5.91 Å². The van der Waals surface area contributed by atoms with Crippen LogP contribution in [0, 0.1) is 12.8 Å². The van der Waals surface area contributed by atoms with Crippen LogP contribution in [0.2, 0.25) is 5.15 Å². The number of likely N-dealkylation sites (N-methyl/N-ethyl adjacent to an activating group) is 1. The number of rotatable bonds is 6. The zero-order valence-corrected chi connectivity index (χ0v) is 24.0. The Balaban J connectivity index is 0.000000167. The lowest BCUT2D eigenvalue weighted by Crippen LogP contribution is -2.38. The molecular weight excluding hydrogens is 544 g/mol. The van der Waals surface area contributed by atoms with Gasteiger partial charge < -0.3 is 20.6 Å². The Morgan fingerprint density at radius 2 is 1.90 bits per heavy atom. The molecule has 1 aromatic carbocycles. The van der Waals surface area contributed by atoms with Crippen LogP contribution in [0.1, 0.15) is 35.6 Å². The number of aldehydes is 2. The van der Waals surface area contributed by atoms with Gasteiger partial charge in [0.15, 0.2) is 5.69 Å².